The highest BCUT2D eigenvalue weighted by Crippen LogP contribution is 2.26. The molecule has 1 rings (SSSR count). The molecular formula is C12H26N2. The van der Waals surface area contributed by atoms with Gasteiger partial charge in [-0.1, -0.05) is 20.3 Å². The number of nitrogens with one attached hydrogen (secondary N) is 1. The second-order valence-electron chi connectivity index (χ2n) is 5.17. The molecule has 1 N–H and O–H groups in total. The highest BCUT2D eigenvalue weighted by atomic mass is 15.2. The van der Waals surface area contributed by atoms with Crippen molar-refractivity contribution in [2.45, 2.75) is 52.1 Å². The van der Waals surface area contributed by atoms with E-state index in [0.29, 0.717) is 5.54 Å². The summed E-state index contributed by atoms with van der Waals surface area (Å²) < 4.78 is 0. The van der Waals surface area contributed by atoms with Crippen molar-refractivity contribution in [2.24, 2.45) is 5.92 Å². The van der Waals surface area contributed by atoms with Gasteiger partial charge in [0.25, 0.3) is 0 Å². The highest BCUT2D eigenvalue weighted by Gasteiger charge is 2.34. The van der Waals surface area contributed by atoms with Crippen molar-refractivity contribution in [1.82, 2.24) is 10.2 Å². The van der Waals surface area contributed by atoms with Crippen LogP contribution in [-0.2, 0) is 0 Å². The molecule has 1 aliphatic heterocycles. The second-order valence-corrected chi connectivity index (χ2v) is 5.17. The molecule has 1 aliphatic rings. The Labute approximate surface area is 89.1 Å². The summed E-state index contributed by atoms with van der Waals surface area (Å²) in [4.78, 5) is 2.57. The van der Waals surface area contributed by atoms with E-state index in [-0.39, 0.29) is 0 Å². The van der Waals surface area contributed by atoms with E-state index in [0.717, 1.165) is 12.0 Å². The number of nitrogens with zero attached hydrogens (tertiary/aromatic N) is 1. The van der Waals surface area contributed by atoms with Gasteiger partial charge in [-0.05, 0) is 39.8 Å². The maximum Gasteiger partial charge on any atom is 0.0263 e. The summed E-state index contributed by atoms with van der Waals surface area (Å²) in [6.45, 7) is 11.6. The number of hydrogen-bond acceptors (Lipinski definition) is 2. The Balaban J connectivity index is 2.63. The Morgan fingerprint density at radius 1 is 1.29 bits per heavy atom. The van der Waals surface area contributed by atoms with Gasteiger partial charge in [0.1, 0.15) is 0 Å². The molecule has 0 amide bonds. The third kappa shape index (κ3) is 2.29. The van der Waals surface area contributed by atoms with E-state index < -0.39 is 0 Å². The smallest absolute Gasteiger partial charge is 0.0263 e. The molecule has 84 valence electrons. The summed E-state index contributed by atoms with van der Waals surface area (Å²) in [7, 11) is 2.28. The van der Waals surface area contributed by atoms with E-state index in [9.17, 15) is 0 Å². The van der Waals surface area contributed by atoms with Crippen molar-refractivity contribution in [3.05, 3.63) is 0 Å². The molecule has 0 spiro atoms. The van der Waals surface area contributed by atoms with Crippen molar-refractivity contribution in [3.8, 4) is 0 Å². The standard InChI is InChI=1S/C12H26N2/c1-6-10-8-13-9-11(10)14(5)12(3,4)7-2/h10-11,13H,6-9H2,1-5H3. The summed E-state index contributed by atoms with van der Waals surface area (Å²) in [6, 6.07) is 0.731. The largest absolute Gasteiger partial charge is 0.315 e. The fourth-order valence-electron chi connectivity index (χ4n) is 2.29. The molecule has 2 nitrogen and oxygen atoms in total. The zero-order valence-corrected chi connectivity index (χ0v) is 10.4. The first-order valence-electron chi connectivity index (χ1n) is 5.96. The molecule has 0 saturated carbocycles. The first-order valence-corrected chi connectivity index (χ1v) is 5.96. The summed E-state index contributed by atoms with van der Waals surface area (Å²) in [5.41, 5.74) is 0.337. The molecule has 2 atom stereocenters. The van der Waals surface area contributed by atoms with Crippen molar-refractivity contribution < 1.29 is 0 Å². The molecule has 0 aromatic carbocycles. The van der Waals surface area contributed by atoms with Crippen LogP contribution in [0.4, 0.5) is 0 Å². The molecule has 0 aromatic heterocycles. The van der Waals surface area contributed by atoms with E-state index in [4.69, 9.17) is 0 Å². The maximum atomic E-state index is 3.51. The Kier molecular flexibility index (Phi) is 3.96. The average molecular weight is 198 g/mol. The van der Waals surface area contributed by atoms with Crippen LogP contribution < -0.4 is 5.32 Å². The minimum atomic E-state index is 0.337. The average Bonchev–Trinajstić information content (AvgIpc) is 2.64. The second kappa shape index (κ2) is 4.63. The molecule has 0 aliphatic carbocycles. The van der Waals surface area contributed by atoms with E-state index >= 15 is 0 Å². The molecule has 1 heterocycles. The van der Waals surface area contributed by atoms with Gasteiger partial charge in [-0.3, -0.25) is 4.90 Å². The zero-order chi connectivity index (χ0) is 10.8. The van der Waals surface area contributed by atoms with Crippen molar-refractivity contribution >= 4 is 0 Å². The van der Waals surface area contributed by atoms with Crippen molar-refractivity contribution in [2.75, 3.05) is 20.1 Å². The Bertz CT molecular complexity index is 177. The third-order valence-corrected chi connectivity index (χ3v) is 4.15. The Morgan fingerprint density at radius 3 is 2.43 bits per heavy atom. The van der Waals surface area contributed by atoms with Crippen molar-refractivity contribution in [1.29, 1.82) is 0 Å². The lowest BCUT2D eigenvalue weighted by Gasteiger charge is -2.41. The lowest BCUT2D eigenvalue weighted by Crippen LogP contribution is -2.50. The predicted octanol–water partition coefficient (Wildman–Crippen LogP) is 2.10. The van der Waals surface area contributed by atoms with Crippen LogP contribution in [-0.4, -0.2) is 36.6 Å². The molecule has 0 bridgehead atoms. The minimum Gasteiger partial charge on any atom is -0.315 e. The molecular weight excluding hydrogens is 172 g/mol. The SMILES string of the molecule is CCC1CNCC1N(C)C(C)(C)CC. The summed E-state index contributed by atoms with van der Waals surface area (Å²) in [5, 5.41) is 3.51. The third-order valence-electron chi connectivity index (χ3n) is 4.15. The van der Waals surface area contributed by atoms with Crippen LogP contribution in [0.15, 0.2) is 0 Å². The summed E-state index contributed by atoms with van der Waals surface area (Å²) >= 11 is 0. The van der Waals surface area contributed by atoms with Gasteiger partial charge in [-0.25, -0.2) is 0 Å². The van der Waals surface area contributed by atoms with Gasteiger partial charge in [0.05, 0.1) is 0 Å². The number of hydrogen-bond donors (Lipinski definition) is 1. The molecule has 2 heteroatoms. The van der Waals surface area contributed by atoms with E-state index in [1.807, 2.05) is 0 Å². The molecule has 0 radical (unpaired) electrons. The first kappa shape index (κ1) is 12.0. The van der Waals surface area contributed by atoms with Crippen LogP contribution in [0.1, 0.15) is 40.5 Å². The van der Waals surface area contributed by atoms with Gasteiger partial charge >= 0.3 is 0 Å². The quantitative estimate of drug-likeness (QED) is 0.744. The fourth-order valence-corrected chi connectivity index (χ4v) is 2.29. The monoisotopic (exact) mass is 198 g/mol. The molecule has 2 unspecified atom stereocenters. The topological polar surface area (TPSA) is 15.3 Å². The van der Waals surface area contributed by atoms with Crippen LogP contribution in [0.2, 0.25) is 0 Å². The van der Waals surface area contributed by atoms with Gasteiger partial charge in [0.15, 0.2) is 0 Å². The highest BCUT2D eigenvalue weighted by molar-refractivity contribution is 4.92. The predicted molar refractivity (Wildman–Crippen MR) is 62.6 cm³/mol. The lowest BCUT2D eigenvalue weighted by molar-refractivity contribution is 0.0824. The summed E-state index contributed by atoms with van der Waals surface area (Å²) in [6.07, 6.45) is 2.51. The number of likely N-dealkylation sites (N-methyl/N-ethyl adjacent to an activating group) is 1. The fraction of sp³-hybridized carbons (Fsp3) is 1.00. The Hall–Kier alpha value is -0.0800. The Morgan fingerprint density at radius 2 is 1.93 bits per heavy atom. The molecule has 14 heavy (non-hydrogen) atoms. The van der Waals surface area contributed by atoms with Crippen molar-refractivity contribution in [3.63, 3.8) is 0 Å². The van der Waals surface area contributed by atoms with Crippen LogP contribution in [0.5, 0.6) is 0 Å². The van der Waals surface area contributed by atoms with Gasteiger partial charge in [0.2, 0.25) is 0 Å². The van der Waals surface area contributed by atoms with Crippen LogP contribution in [0.25, 0.3) is 0 Å². The molecule has 0 aromatic rings. The van der Waals surface area contributed by atoms with Gasteiger partial charge < -0.3 is 5.32 Å². The van der Waals surface area contributed by atoms with Crippen LogP contribution in [0, 0.1) is 5.92 Å². The van der Waals surface area contributed by atoms with Gasteiger partial charge in [-0.2, -0.15) is 0 Å². The van der Waals surface area contributed by atoms with Gasteiger partial charge in [0, 0.05) is 18.1 Å². The van der Waals surface area contributed by atoms with Gasteiger partial charge in [-0.15, -0.1) is 0 Å². The zero-order valence-electron chi connectivity index (χ0n) is 10.4. The van der Waals surface area contributed by atoms with Crippen LogP contribution in [0.3, 0.4) is 0 Å². The normalized spacial score (nSPS) is 28.7. The first-order chi connectivity index (χ1) is 6.53. The number of rotatable bonds is 4. The maximum absolute atomic E-state index is 3.51. The molecule has 1 saturated heterocycles. The minimum absolute atomic E-state index is 0.337. The lowest BCUT2D eigenvalue weighted by atomic mass is 9.92. The summed E-state index contributed by atoms with van der Waals surface area (Å²) in [5.74, 6) is 0.839. The molecule has 1 fully saturated rings. The van der Waals surface area contributed by atoms with Crippen LogP contribution >= 0.6 is 0 Å². The van der Waals surface area contributed by atoms with E-state index in [2.05, 4.69) is 45.0 Å². The van der Waals surface area contributed by atoms with E-state index in [1.165, 1.54) is 25.9 Å². The van der Waals surface area contributed by atoms with E-state index in [1.54, 1.807) is 0 Å².